The number of hydrogen-bond acceptors (Lipinski definition) is 8. The third-order valence-corrected chi connectivity index (χ3v) is 6.29. The molecule has 4 N–H and O–H groups in total. The maximum Gasteiger partial charge on any atom is 0.309 e. The van der Waals surface area contributed by atoms with Crippen LogP contribution < -0.4 is 16.4 Å². The molecule has 1 fully saturated rings. The Morgan fingerprint density at radius 2 is 1.97 bits per heavy atom. The van der Waals surface area contributed by atoms with Gasteiger partial charge >= 0.3 is 11.8 Å². The molecule has 1 aromatic rings. The molecular weight excluding hydrogens is 448 g/mol. The Morgan fingerprint density at radius 1 is 1.23 bits per heavy atom. The van der Waals surface area contributed by atoms with Crippen molar-refractivity contribution >= 4 is 47.4 Å². The third-order valence-electron chi connectivity index (χ3n) is 5.21. The summed E-state index contributed by atoms with van der Waals surface area (Å²) in [7, 11) is 3.45. The van der Waals surface area contributed by atoms with Gasteiger partial charge in [0, 0.05) is 44.6 Å². The number of nitrogens with one attached hydrogen (secondary N) is 2. The fraction of sp³-hybridized carbons (Fsp3) is 0.611. The summed E-state index contributed by atoms with van der Waals surface area (Å²) in [4.78, 5) is 57.3. The molecule has 3 heterocycles. The number of methoxy groups -OCH3 is 1. The molecule has 13 heteroatoms. The maximum atomic E-state index is 12.9. The number of amides is 4. The van der Waals surface area contributed by atoms with E-state index in [0.29, 0.717) is 18.0 Å². The number of nitrogens with zero attached hydrogens (tertiary/aromatic N) is 3. The summed E-state index contributed by atoms with van der Waals surface area (Å²) >= 11 is 1.34. The lowest BCUT2D eigenvalue weighted by Crippen LogP contribution is -2.62. The zero-order chi connectivity index (χ0) is 21.8. The first-order chi connectivity index (χ1) is 14.3. The van der Waals surface area contributed by atoms with Crippen molar-refractivity contribution in [1.82, 2.24) is 25.4 Å². The number of thiazole rings is 1. The lowest BCUT2D eigenvalue weighted by molar-refractivity contribution is -0.139. The summed E-state index contributed by atoms with van der Waals surface area (Å²) in [5.74, 6) is -2.62. The molecular formula is C18H27ClN6O5S. The molecule has 0 saturated carbocycles. The number of fused-ring (bicyclic) bond motifs is 1. The number of primary amides is 1. The van der Waals surface area contributed by atoms with Gasteiger partial charge in [0.2, 0.25) is 5.91 Å². The van der Waals surface area contributed by atoms with Gasteiger partial charge in [-0.3, -0.25) is 19.2 Å². The van der Waals surface area contributed by atoms with Gasteiger partial charge in [-0.2, -0.15) is 0 Å². The van der Waals surface area contributed by atoms with E-state index in [2.05, 4.69) is 20.5 Å². The second kappa shape index (κ2) is 10.8. The van der Waals surface area contributed by atoms with Crippen molar-refractivity contribution < 1.29 is 23.9 Å². The lowest BCUT2D eigenvalue weighted by Gasteiger charge is -2.38. The second-order valence-corrected chi connectivity index (χ2v) is 8.55. The molecule has 0 spiro atoms. The molecule has 0 aromatic carbocycles. The molecule has 1 aromatic heterocycles. The minimum absolute atomic E-state index is 0. The highest BCUT2D eigenvalue weighted by Gasteiger charge is 2.35. The smallest absolute Gasteiger partial charge is 0.309 e. The van der Waals surface area contributed by atoms with Gasteiger partial charge in [0.25, 0.3) is 5.91 Å². The number of piperidine rings is 1. The van der Waals surface area contributed by atoms with E-state index in [9.17, 15) is 19.2 Å². The van der Waals surface area contributed by atoms with Crippen LogP contribution in [0.4, 0.5) is 0 Å². The molecule has 0 aliphatic carbocycles. The number of halogens is 1. The summed E-state index contributed by atoms with van der Waals surface area (Å²) in [6, 6.07) is -1.14. The van der Waals surface area contributed by atoms with E-state index in [1.165, 1.54) is 18.4 Å². The van der Waals surface area contributed by atoms with Gasteiger partial charge in [0.05, 0.1) is 17.8 Å². The van der Waals surface area contributed by atoms with Crippen molar-refractivity contribution in [2.75, 3.05) is 40.4 Å². The predicted octanol–water partition coefficient (Wildman–Crippen LogP) is -1.50. The van der Waals surface area contributed by atoms with E-state index in [0.717, 1.165) is 30.1 Å². The van der Waals surface area contributed by atoms with Crippen molar-refractivity contribution in [3.63, 3.8) is 0 Å². The molecule has 31 heavy (non-hydrogen) atoms. The standard InChI is InChI=1S/C18H26N6O5S.ClH/c1-23-5-3-11-13(8-23)30-18(22-11)17(28)21-12-7-24(14(25)9-29-2)6-4-10(12)20-16(27)15(19)26;/h10,12H,3-9H2,1-2H3,(H2,19,26)(H,20,27)(H,21,28);1H/t10-,12+;/m0./s1. The van der Waals surface area contributed by atoms with E-state index < -0.39 is 23.9 Å². The SMILES string of the molecule is COCC(=O)N1CC[C@H](NC(=O)C(N)=O)[C@H](NC(=O)c2nc3c(s2)CN(C)CC3)C1.Cl. The van der Waals surface area contributed by atoms with E-state index in [1.54, 1.807) is 4.90 Å². The minimum Gasteiger partial charge on any atom is -0.375 e. The third kappa shape index (κ3) is 6.12. The second-order valence-electron chi connectivity index (χ2n) is 7.46. The summed E-state index contributed by atoms with van der Waals surface area (Å²) in [6.45, 7) is 2.09. The van der Waals surface area contributed by atoms with Crippen LogP contribution in [0.3, 0.4) is 0 Å². The van der Waals surface area contributed by atoms with Crippen LogP contribution in [0, 0.1) is 0 Å². The first-order valence-corrected chi connectivity index (χ1v) is 10.4. The van der Waals surface area contributed by atoms with Gasteiger partial charge in [-0.25, -0.2) is 4.98 Å². The van der Waals surface area contributed by atoms with Gasteiger partial charge < -0.3 is 30.9 Å². The van der Waals surface area contributed by atoms with Crippen LogP contribution in [0.1, 0.15) is 26.8 Å². The van der Waals surface area contributed by atoms with Gasteiger partial charge in [0.15, 0.2) is 5.01 Å². The van der Waals surface area contributed by atoms with Crippen LogP contribution in [0.15, 0.2) is 0 Å². The Labute approximate surface area is 190 Å². The van der Waals surface area contributed by atoms with E-state index in [1.807, 2.05) is 7.05 Å². The fourth-order valence-corrected chi connectivity index (χ4v) is 4.69. The van der Waals surface area contributed by atoms with E-state index in [4.69, 9.17) is 10.5 Å². The number of rotatable bonds is 5. The van der Waals surface area contributed by atoms with Gasteiger partial charge in [0.1, 0.15) is 6.61 Å². The molecule has 3 rings (SSSR count). The van der Waals surface area contributed by atoms with Crippen molar-refractivity contribution in [3.05, 3.63) is 15.6 Å². The molecule has 11 nitrogen and oxygen atoms in total. The van der Waals surface area contributed by atoms with Crippen LogP contribution in [-0.4, -0.2) is 90.9 Å². The molecule has 2 aliphatic rings. The molecule has 4 amide bonds. The zero-order valence-corrected chi connectivity index (χ0v) is 19.0. The fourth-order valence-electron chi connectivity index (χ4n) is 3.60. The molecule has 1 saturated heterocycles. The minimum atomic E-state index is -1.10. The normalized spacial score (nSPS) is 20.9. The first-order valence-electron chi connectivity index (χ1n) is 9.63. The van der Waals surface area contributed by atoms with E-state index >= 15 is 0 Å². The molecule has 0 bridgehead atoms. The number of carbonyl (C=O) groups excluding carboxylic acids is 4. The highest BCUT2D eigenvalue weighted by molar-refractivity contribution is 7.13. The van der Waals surface area contributed by atoms with Crippen LogP contribution in [-0.2, 0) is 32.1 Å². The highest BCUT2D eigenvalue weighted by atomic mass is 35.5. The molecule has 2 atom stereocenters. The Hall–Kier alpha value is -2.28. The lowest BCUT2D eigenvalue weighted by atomic mass is 9.98. The number of likely N-dealkylation sites (N-methyl/N-ethyl adjacent to an activating group) is 1. The van der Waals surface area contributed by atoms with Crippen LogP contribution >= 0.6 is 23.7 Å². The van der Waals surface area contributed by atoms with Crippen molar-refractivity contribution in [2.45, 2.75) is 31.5 Å². The Morgan fingerprint density at radius 3 is 2.65 bits per heavy atom. The maximum absolute atomic E-state index is 12.9. The summed E-state index contributed by atoms with van der Waals surface area (Å²) < 4.78 is 4.90. The Balaban J connectivity index is 0.00000341. The van der Waals surface area contributed by atoms with Gasteiger partial charge in [-0.1, -0.05) is 0 Å². The van der Waals surface area contributed by atoms with Crippen LogP contribution in [0.5, 0.6) is 0 Å². The zero-order valence-electron chi connectivity index (χ0n) is 17.4. The number of hydrogen-bond donors (Lipinski definition) is 3. The van der Waals surface area contributed by atoms with Crippen molar-refractivity contribution in [1.29, 1.82) is 0 Å². The van der Waals surface area contributed by atoms with Crippen LogP contribution in [0.2, 0.25) is 0 Å². The number of nitrogens with two attached hydrogens (primary N) is 1. The summed E-state index contributed by atoms with van der Waals surface area (Å²) in [5.41, 5.74) is 5.97. The Bertz CT molecular complexity index is 849. The monoisotopic (exact) mass is 474 g/mol. The van der Waals surface area contributed by atoms with Gasteiger partial charge in [-0.05, 0) is 13.5 Å². The molecule has 0 unspecified atom stereocenters. The van der Waals surface area contributed by atoms with Crippen molar-refractivity contribution in [2.24, 2.45) is 5.73 Å². The highest BCUT2D eigenvalue weighted by Crippen LogP contribution is 2.24. The molecule has 2 aliphatic heterocycles. The number of likely N-dealkylation sites (tertiary alicyclic amines) is 1. The summed E-state index contributed by atoms with van der Waals surface area (Å²) in [6.07, 6.45) is 1.15. The number of carbonyl (C=O) groups is 4. The van der Waals surface area contributed by atoms with Gasteiger partial charge in [-0.15, -0.1) is 23.7 Å². The first kappa shape index (κ1) is 25.0. The topological polar surface area (TPSA) is 147 Å². The average molecular weight is 475 g/mol. The largest absolute Gasteiger partial charge is 0.375 e. The number of aromatic nitrogens is 1. The van der Waals surface area contributed by atoms with Crippen LogP contribution in [0.25, 0.3) is 0 Å². The predicted molar refractivity (Wildman–Crippen MR) is 115 cm³/mol. The molecule has 0 radical (unpaired) electrons. The van der Waals surface area contributed by atoms with Crippen molar-refractivity contribution in [3.8, 4) is 0 Å². The quantitative estimate of drug-likeness (QED) is 0.440. The average Bonchev–Trinajstić information content (AvgIpc) is 3.12. The molecule has 172 valence electrons. The van der Waals surface area contributed by atoms with E-state index in [-0.39, 0.29) is 37.4 Å². The Kier molecular flexibility index (Phi) is 8.74. The summed E-state index contributed by atoms with van der Waals surface area (Å²) in [5, 5.41) is 5.76. The number of ether oxygens (including phenoxy) is 1.